The minimum Gasteiger partial charge on any atom is -0.464 e. The van der Waals surface area contributed by atoms with Gasteiger partial charge in [0.1, 0.15) is 5.69 Å². The molecule has 0 aliphatic rings. The van der Waals surface area contributed by atoms with E-state index in [9.17, 15) is 9.59 Å². The summed E-state index contributed by atoms with van der Waals surface area (Å²) in [6.45, 7) is 8.24. The minimum atomic E-state index is -0.514. The van der Waals surface area contributed by atoms with E-state index in [1.54, 1.807) is 6.08 Å². The second kappa shape index (κ2) is 8.92. The number of H-pyrrole nitrogens is 1. The van der Waals surface area contributed by atoms with Gasteiger partial charge in [-0.25, -0.2) is 9.59 Å². The van der Waals surface area contributed by atoms with Gasteiger partial charge in [-0.05, 0) is 18.9 Å². The van der Waals surface area contributed by atoms with E-state index in [1.807, 2.05) is 6.92 Å². The number of esters is 1. The van der Waals surface area contributed by atoms with Crippen molar-refractivity contribution in [2.75, 3.05) is 19.0 Å². The molecule has 6 nitrogen and oxygen atoms in total. The lowest BCUT2D eigenvalue weighted by Crippen LogP contribution is -2.30. The van der Waals surface area contributed by atoms with E-state index in [1.165, 1.54) is 7.11 Å². The van der Waals surface area contributed by atoms with E-state index in [4.69, 9.17) is 4.74 Å². The van der Waals surface area contributed by atoms with Crippen molar-refractivity contribution in [2.45, 2.75) is 39.5 Å². The first-order chi connectivity index (χ1) is 10.5. The van der Waals surface area contributed by atoms with Crippen LogP contribution in [0.15, 0.2) is 12.7 Å². The van der Waals surface area contributed by atoms with E-state index >= 15 is 0 Å². The highest BCUT2D eigenvalue weighted by Gasteiger charge is 2.21. The summed E-state index contributed by atoms with van der Waals surface area (Å²) >= 11 is 0. The molecule has 122 valence electrons. The second-order valence-corrected chi connectivity index (χ2v) is 5.05. The van der Waals surface area contributed by atoms with Crippen LogP contribution in [-0.2, 0) is 11.2 Å². The number of nitrogens with one attached hydrogen (secondary N) is 3. The zero-order valence-corrected chi connectivity index (χ0v) is 13.5. The molecule has 0 aliphatic heterocycles. The van der Waals surface area contributed by atoms with Crippen molar-refractivity contribution in [3.63, 3.8) is 0 Å². The minimum absolute atomic E-state index is 0.251. The SMILES string of the molecule is C=CCc1[nH]c(C(=O)OC)c(NC(=O)NCCCCC)c1C. The fourth-order valence-corrected chi connectivity index (χ4v) is 2.14. The van der Waals surface area contributed by atoms with Crippen LogP contribution in [-0.4, -0.2) is 30.6 Å². The molecule has 1 aromatic heterocycles. The number of allylic oxidation sites excluding steroid dienone is 1. The molecule has 0 saturated carbocycles. The number of rotatable bonds is 8. The Morgan fingerprint density at radius 2 is 2.09 bits per heavy atom. The third-order valence-electron chi connectivity index (χ3n) is 3.40. The molecule has 0 radical (unpaired) electrons. The number of aromatic amines is 1. The standard InChI is InChI=1S/C16H25N3O3/c1-5-7-8-10-17-16(21)19-13-11(3)12(9-6-2)18-14(13)15(20)22-4/h6,18H,2,5,7-10H2,1,3-4H3,(H2,17,19,21). The van der Waals surface area contributed by atoms with Crippen molar-refractivity contribution < 1.29 is 14.3 Å². The highest BCUT2D eigenvalue weighted by Crippen LogP contribution is 2.25. The Labute approximate surface area is 131 Å². The van der Waals surface area contributed by atoms with Gasteiger partial charge < -0.3 is 20.4 Å². The maximum Gasteiger partial charge on any atom is 0.356 e. The third kappa shape index (κ3) is 4.65. The van der Waals surface area contributed by atoms with Gasteiger partial charge in [0, 0.05) is 18.7 Å². The third-order valence-corrected chi connectivity index (χ3v) is 3.40. The summed E-state index contributed by atoms with van der Waals surface area (Å²) in [5.41, 5.74) is 2.35. The smallest absolute Gasteiger partial charge is 0.356 e. The van der Waals surface area contributed by atoms with Crippen molar-refractivity contribution in [1.82, 2.24) is 10.3 Å². The zero-order chi connectivity index (χ0) is 16.5. The Bertz CT molecular complexity index is 535. The molecule has 0 bridgehead atoms. The molecule has 0 aliphatic carbocycles. The van der Waals surface area contributed by atoms with Crippen molar-refractivity contribution in [3.8, 4) is 0 Å². The highest BCUT2D eigenvalue weighted by molar-refractivity contribution is 6.01. The van der Waals surface area contributed by atoms with Crippen LogP contribution in [0.25, 0.3) is 0 Å². The van der Waals surface area contributed by atoms with E-state index in [0.29, 0.717) is 18.7 Å². The topological polar surface area (TPSA) is 83.2 Å². The molecule has 0 aromatic carbocycles. The van der Waals surface area contributed by atoms with Gasteiger partial charge in [0.2, 0.25) is 0 Å². The molecule has 1 rings (SSSR count). The van der Waals surface area contributed by atoms with Gasteiger partial charge in [-0.2, -0.15) is 0 Å². The van der Waals surface area contributed by atoms with Crippen molar-refractivity contribution in [2.24, 2.45) is 0 Å². The number of methoxy groups -OCH3 is 1. The fourth-order valence-electron chi connectivity index (χ4n) is 2.14. The average Bonchev–Trinajstić information content (AvgIpc) is 2.80. The Morgan fingerprint density at radius 3 is 2.68 bits per heavy atom. The Hall–Kier alpha value is -2.24. The molecule has 22 heavy (non-hydrogen) atoms. The normalized spacial score (nSPS) is 10.1. The maximum atomic E-state index is 11.9. The second-order valence-electron chi connectivity index (χ2n) is 5.05. The van der Waals surface area contributed by atoms with Gasteiger partial charge >= 0.3 is 12.0 Å². The first-order valence-electron chi connectivity index (χ1n) is 7.50. The quantitative estimate of drug-likeness (QED) is 0.392. The molecule has 0 saturated heterocycles. The molecule has 0 spiro atoms. The predicted octanol–water partition coefficient (Wildman–Crippen LogP) is 3.15. The zero-order valence-electron chi connectivity index (χ0n) is 13.5. The Morgan fingerprint density at radius 1 is 1.36 bits per heavy atom. The van der Waals surface area contributed by atoms with Crippen molar-refractivity contribution in [1.29, 1.82) is 0 Å². The summed E-state index contributed by atoms with van der Waals surface area (Å²) in [6.07, 6.45) is 5.41. The van der Waals surface area contributed by atoms with E-state index in [-0.39, 0.29) is 11.7 Å². The monoisotopic (exact) mass is 307 g/mol. The Kier molecular flexibility index (Phi) is 7.22. The maximum absolute atomic E-state index is 11.9. The average molecular weight is 307 g/mol. The molecule has 0 unspecified atom stereocenters. The molecular formula is C16H25N3O3. The van der Waals surface area contributed by atoms with E-state index < -0.39 is 5.97 Å². The van der Waals surface area contributed by atoms with E-state index in [0.717, 1.165) is 30.5 Å². The van der Waals surface area contributed by atoms with Crippen LogP contribution in [0.2, 0.25) is 0 Å². The van der Waals surface area contributed by atoms with Crippen LogP contribution in [0.5, 0.6) is 0 Å². The molecule has 0 atom stereocenters. The lowest BCUT2D eigenvalue weighted by atomic mass is 10.2. The van der Waals surface area contributed by atoms with Gasteiger partial charge in [-0.15, -0.1) is 6.58 Å². The van der Waals surface area contributed by atoms with Crippen LogP contribution in [0, 0.1) is 6.92 Å². The number of hydrogen-bond donors (Lipinski definition) is 3. The molecule has 0 fully saturated rings. The summed E-state index contributed by atoms with van der Waals surface area (Å²) < 4.78 is 4.75. The van der Waals surface area contributed by atoms with Crippen LogP contribution < -0.4 is 10.6 Å². The van der Waals surface area contributed by atoms with Gasteiger partial charge in [-0.3, -0.25) is 0 Å². The van der Waals surface area contributed by atoms with Crippen molar-refractivity contribution in [3.05, 3.63) is 29.6 Å². The lowest BCUT2D eigenvalue weighted by Gasteiger charge is -2.09. The van der Waals surface area contributed by atoms with Gasteiger partial charge in [0.05, 0.1) is 12.8 Å². The number of amides is 2. The van der Waals surface area contributed by atoms with Crippen LogP contribution in [0.3, 0.4) is 0 Å². The predicted molar refractivity (Wildman–Crippen MR) is 87.3 cm³/mol. The number of carbonyl (C=O) groups is 2. The first-order valence-corrected chi connectivity index (χ1v) is 7.50. The van der Waals surface area contributed by atoms with Crippen LogP contribution in [0.1, 0.15) is 47.9 Å². The largest absolute Gasteiger partial charge is 0.464 e. The number of aromatic nitrogens is 1. The summed E-state index contributed by atoms with van der Waals surface area (Å²) in [5, 5.41) is 5.52. The number of ether oxygens (including phenoxy) is 1. The van der Waals surface area contributed by atoms with E-state index in [2.05, 4.69) is 29.1 Å². The summed E-state index contributed by atoms with van der Waals surface area (Å²) in [7, 11) is 1.31. The first kappa shape index (κ1) is 17.8. The molecule has 3 N–H and O–H groups in total. The lowest BCUT2D eigenvalue weighted by molar-refractivity contribution is 0.0596. The van der Waals surface area contributed by atoms with Gasteiger partial charge in [-0.1, -0.05) is 25.8 Å². The fraction of sp³-hybridized carbons (Fsp3) is 0.500. The number of hydrogen-bond acceptors (Lipinski definition) is 3. The van der Waals surface area contributed by atoms with Crippen LogP contribution >= 0.6 is 0 Å². The summed E-state index contributed by atoms with van der Waals surface area (Å²) in [5.74, 6) is -0.514. The summed E-state index contributed by atoms with van der Waals surface area (Å²) in [6, 6.07) is -0.325. The number of carbonyl (C=O) groups excluding carboxylic acids is 2. The van der Waals surface area contributed by atoms with Crippen LogP contribution in [0.4, 0.5) is 10.5 Å². The highest BCUT2D eigenvalue weighted by atomic mass is 16.5. The number of anilines is 1. The van der Waals surface area contributed by atoms with Gasteiger partial charge in [0.25, 0.3) is 0 Å². The molecule has 6 heteroatoms. The molecule has 2 amide bonds. The Balaban J connectivity index is 2.84. The molecular weight excluding hydrogens is 282 g/mol. The number of urea groups is 1. The summed E-state index contributed by atoms with van der Waals surface area (Å²) in [4.78, 5) is 26.8. The molecule has 1 heterocycles. The van der Waals surface area contributed by atoms with Gasteiger partial charge in [0.15, 0.2) is 0 Å². The number of unbranched alkanes of at least 4 members (excludes halogenated alkanes) is 2. The molecule has 1 aromatic rings. The van der Waals surface area contributed by atoms with Crippen molar-refractivity contribution >= 4 is 17.7 Å².